The van der Waals surface area contributed by atoms with Gasteiger partial charge in [0.05, 0.1) is 18.6 Å². The lowest BCUT2D eigenvalue weighted by molar-refractivity contribution is -0.148. The fourth-order valence-corrected chi connectivity index (χ4v) is 4.23. The number of rotatable bonds is 11. The highest BCUT2D eigenvalue weighted by Gasteiger charge is 2.28. The van der Waals surface area contributed by atoms with Gasteiger partial charge < -0.3 is 15.2 Å². The van der Waals surface area contributed by atoms with Gasteiger partial charge in [-0.2, -0.15) is 0 Å². The predicted octanol–water partition coefficient (Wildman–Crippen LogP) is 1.13. The molecule has 0 heterocycles. The van der Waals surface area contributed by atoms with Crippen LogP contribution in [-0.2, 0) is 40.2 Å². The van der Waals surface area contributed by atoms with Gasteiger partial charge in [-0.25, -0.2) is 8.42 Å². The zero-order valence-corrected chi connectivity index (χ0v) is 18.6. The van der Waals surface area contributed by atoms with Gasteiger partial charge in [0.1, 0.15) is 15.9 Å². The van der Waals surface area contributed by atoms with Crippen LogP contribution in [0.25, 0.3) is 10.8 Å². The van der Waals surface area contributed by atoms with Crippen LogP contribution >= 0.6 is 0 Å². The summed E-state index contributed by atoms with van der Waals surface area (Å²) in [7, 11) is -3.45. The van der Waals surface area contributed by atoms with Crippen LogP contribution in [0.2, 0.25) is 0 Å². The van der Waals surface area contributed by atoms with Crippen LogP contribution in [0.5, 0.6) is 0 Å². The highest BCUT2D eigenvalue weighted by molar-refractivity contribution is 7.90. The number of ketones is 1. The molecule has 2 atom stereocenters. The Morgan fingerprint density at radius 2 is 1.72 bits per heavy atom. The molecule has 0 aliphatic rings. The summed E-state index contributed by atoms with van der Waals surface area (Å²) in [5.41, 5.74) is 0.713. The number of esters is 1. The summed E-state index contributed by atoms with van der Waals surface area (Å²) in [6.45, 7) is 0.630. The largest absolute Gasteiger partial charge is 0.481 e. The number of hydrogen-bond donors (Lipinski definition) is 2. The molecule has 1 amide bonds. The van der Waals surface area contributed by atoms with E-state index in [1.54, 1.807) is 12.1 Å². The van der Waals surface area contributed by atoms with E-state index in [9.17, 15) is 27.6 Å². The van der Waals surface area contributed by atoms with E-state index in [2.05, 4.69) is 5.32 Å². The Hall–Kier alpha value is -3.27. The SMILES string of the molecule is C[C@H](CS(C)(=O)=O)C(=O)N[C@@H](CC(=O)O)C(=O)COC(=O)Cc1cccc2ccccc12. The molecule has 9 nitrogen and oxygen atoms in total. The Morgan fingerprint density at radius 1 is 1.06 bits per heavy atom. The van der Waals surface area contributed by atoms with Crippen LogP contribution in [0.3, 0.4) is 0 Å². The van der Waals surface area contributed by atoms with E-state index in [1.165, 1.54) is 6.92 Å². The molecule has 2 aromatic rings. The van der Waals surface area contributed by atoms with E-state index in [0.29, 0.717) is 5.56 Å². The molecule has 0 saturated heterocycles. The maximum Gasteiger partial charge on any atom is 0.310 e. The lowest BCUT2D eigenvalue weighted by atomic mass is 10.0. The average molecular weight is 464 g/mol. The second kappa shape index (κ2) is 10.9. The minimum absolute atomic E-state index is 0.0873. The molecule has 0 spiro atoms. The molecule has 0 aromatic heterocycles. The second-order valence-corrected chi connectivity index (χ2v) is 9.78. The molecule has 2 N–H and O–H groups in total. The lowest BCUT2D eigenvalue weighted by Gasteiger charge is -2.18. The summed E-state index contributed by atoms with van der Waals surface area (Å²) in [4.78, 5) is 47.9. The number of carbonyl (C=O) groups excluding carboxylic acids is 3. The topological polar surface area (TPSA) is 144 Å². The minimum Gasteiger partial charge on any atom is -0.481 e. The first-order chi connectivity index (χ1) is 15.0. The van der Waals surface area contributed by atoms with Crippen LogP contribution in [0.4, 0.5) is 0 Å². The number of benzene rings is 2. The number of sulfone groups is 1. The number of carboxylic acid groups (broad SMARTS) is 1. The van der Waals surface area contributed by atoms with Crippen molar-refractivity contribution in [3.8, 4) is 0 Å². The van der Waals surface area contributed by atoms with Crippen molar-refractivity contribution in [3.05, 3.63) is 48.0 Å². The molecule has 0 radical (unpaired) electrons. The van der Waals surface area contributed by atoms with Crippen LogP contribution in [0.15, 0.2) is 42.5 Å². The third-order valence-electron chi connectivity index (χ3n) is 4.67. The smallest absolute Gasteiger partial charge is 0.310 e. The van der Waals surface area contributed by atoms with Gasteiger partial charge in [0.25, 0.3) is 0 Å². The Balaban J connectivity index is 1.99. The number of carbonyl (C=O) groups is 4. The number of ether oxygens (including phenoxy) is 1. The van der Waals surface area contributed by atoms with E-state index in [-0.39, 0.29) is 6.42 Å². The van der Waals surface area contributed by atoms with Gasteiger partial charge in [0, 0.05) is 12.2 Å². The summed E-state index contributed by atoms with van der Waals surface area (Å²) in [5.74, 6) is -5.05. The van der Waals surface area contributed by atoms with Crippen LogP contribution in [0.1, 0.15) is 18.9 Å². The lowest BCUT2D eigenvalue weighted by Crippen LogP contribution is -2.46. The summed E-state index contributed by atoms with van der Waals surface area (Å²) < 4.78 is 27.7. The number of fused-ring (bicyclic) bond motifs is 1. The van der Waals surface area contributed by atoms with Crippen molar-refractivity contribution in [2.24, 2.45) is 5.92 Å². The van der Waals surface area contributed by atoms with Crippen molar-refractivity contribution in [1.29, 1.82) is 0 Å². The predicted molar refractivity (Wildman–Crippen MR) is 117 cm³/mol. The summed E-state index contributed by atoms with van der Waals surface area (Å²) in [6, 6.07) is 11.5. The fourth-order valence-electron chi connectivity index (χ4n) is 3.17. The quantitative estimate of drug-likeness (QED) is 0.472. The normalized spacial score (nSPS) is 13.2. The molecular weight excluding hydrogens is 438 g/mol. The number of carboxylic acids is 1. The van der Waals surface area contributed by atoms with Crippen LogP contribution in [0, 0.1) is 5.92 Å². The molecule has 172 valence electrons. The minimum atomic E-state index is -3.45. The van der Waals surface area contributed by atoms with Gasteiger partial charge in [-0.3, -0.25) is 19.2 Å². The maximum absolute atomic E-state index is 12.4. The van der Waals surface area contributed by atoms with Gasteiger partial charge in [-0.05, 0) is 16.3 Å². The van der Waals surface area contributed by atoms with Gasteiger partial charge >= 0.3 is 11.9 Å². The average Bonchev–Trinajstić information content (AvgIpc) is 2.70. The van der Waals surface area contributed by atoms with E-state index >= 15 is 0 Å². The highest BCUT2D eigenvalue weighted by Crippen LogP contribution is 2.19. The van der Waals surface area contributed by atoms with E-state index in [4.69, 9.17) is 9.84 Å². The van der Waals surface area contributed by atoms with Crippen LogP contribution in [-0.4, -0.2) is 61.8 Å². The van der Waals surface area contributed by atoms with Crippen molar-refractivity contribution in [3.63, 3.8) is 0 Å². The van der Waals surface area contributed by atoms with Crippen LogP contribution < -0.4 is 5.32 Å². The molecule has 2 rings (SSSR count). The number of Topliss-reactive ketones (excluding diaryl/α,β-unsaturated/α-hetero) is 1. The molecule has 0 bridgehead atoms. The first-order valence-electron chi connectivity index (χ1n) is 9.81. The molecule has 2 aromatic carbocycles. The number of aliphatic carboxylic acids is 1. The fraction of sp³-hybridized carbons (Fsp3) is 0.364. The summed E-state index contributed by atoms with van der Waals surface area (Å²) in [6.07, 6.45) is 0.152. The second-order valence-electron chi connectivity index (χ2n) is 7.59. The molecule has 0 aliphatic carbocycles. The monoisotopic (exact) mass is 463 g/mol. The number of hydrogen-bond acceptors (Lipinski definition) is 7. The Morgan fingerprint density at radius 3 is 2.38 bits per heavy atom. The van der Waals surface area contributed by atoms with E-state index in [1.807, 2.05) is 30.3 Å². The van der Waals surface area contributed by atoms with Gasteiger partial charge in [-0.1, -0.05) is 49.4 Å². The molecule has 0 unspecified atom stereocenters. The molecule has 0 saturated carbocycles. The first kappa shape index (κ1) is 25.0. The molecule has 0 fully saturated rings. The first-order valence-corrected chi connectivity index (χ1v) is 11.9. The molecule has 32 heavy (non-hydrogen) atoms. The third-order valence-corrected chi connectivity index (χ3v) is 5.78. The number of amides is 1. The Labute approximate surface area is 185 Å². The van der Waals surface area contributed by atoms with E-state index < -0.39 is 64.2 Å². The standard InChI is InChI=1S/C22H25NO8S/c1-14(13-32(2,29)30)22(28)23-18(11-20(25)26)19(24)12-31-21(27)10-16-8-5-7-15-6-3-4-9-17(15)16/h3-9,14,18H,10-13H2,1-2H3,(H,23,28)(H,25,26)/t14-,18+/m1/s1. The van der Waals surface area contributed by atoms with Gasteiger partial charge in [0.15, 0.2) is 12.4 Å². The van der Waals surface area contributed by atoms with Crippen molar-refractivity contribution >= 4 is 44.2 Å². The van der Waals surface area contributed by atoms with E-state index in [0.717, 1.165) is 17.0 Å². The summed E-state index contributed by atoms with van der Waals surface area (Å²) in [5, 5.41) is 13.1. The maximum atomic E-state index is 12.4. The van der Waals surface area contributed by atoms with Crippen molar-refractivity contribution in [1.82, 2.24) is 5.32 Å². The van der Waals surface area contributed by atoms with Crippen molar-refractivity contribution < 1.29 is 37.4 Å². The molecule has 0 aliphatic heterocycles. The number of nitrogens with one attached hydrogen (secondary N) is 1. The van der Waals surface area contributed by atoms with Gasteiger partial charge in [-0.15, -0.1) is 0 Å². The van der Waals surface area contributed by atoms with Crippen molar-refractivity contribution in [2.75, 3.05) is 18.6 Å². The third kappa shape index (κ3) is 7.77. The highest BCUT2D eigenvalue weighted by atomic mass is 32.2. The molecular formula is C22H25NO8S. The Kier molecular flexibility index (Phi) is 8.48. The van der Waals surface area contributed by atoms with Gasteiger partial charge in [0.2, 0.25) is 5.91 Å². The zero-order valence-electron chi connectivity index (χ0n) is 17.7. The zero-order chi connectivity index (χ0) is 23.9. The van der Waals surface area contributed by atoms with Crippen molar-refractivity contribution in [2.45, 2.75) is 25.8 Å². The molecule has 10 heteroatoms. The summed E-state index contributed by atoms with van der Waals surface area (Å²) >= 11 is 0. The Bertz CT molecular complexity index is 1120.